The van der Waals surface area contributed by atoms with Crippen LogP contribution in [0.5, 0.6) is 0 Å². The monoisotopic (exact) mass is 446 g/mol. The summed E-state index contributed by atoms with van der Waals surface area (Å²) in [6, 6.07) is 9.35. The quantitative estimate of drug-likeness (QED) is 0.555. The van der Waals surface area contributed by atoms with Crippen LogP contribution >= 0.6 is 0 Å². The highest BCUT2D eigenvalue weighted by molar-refractivity contribution is 7.84. The Balaban J connectivity index is 1.57. The van der Waals surface area contributed by atoms with Gasteiger partial charge in [-0.25, -0.2) is 23.0 Å². The predicted octanol–water partition coefficient (Wildman–Crippen LogP) is 3.72. The van der Waals surface area contributed by atoms with Gasteiger partial charge in [-0.2, -0.15) is 4.39 Å². The van der Waals surface area contributed by atoms with E-state index >= 15 is 0 Å². The van der Waals surface area contributed by atoms with Gasteiger partial charge < -0.3 is 11.1 Å². The molecule has 1 aliphatic carbocycles. The van der Waals surface area contributed by atoms with Crippen molar-refractivity contribution in [3.63, 3.8) is 0 Å². The molecule has 0 fully saturated rings. The molecule has 3 atom stereocenters. The molecular weight excluding hydrogens is 422 g/mol. The first-order chi connectivity index (χ1) is 14.6. The van der Waals surface area contributed by atoms with Crippen LogP contribution in [0, 0.1) is 5.95 Å². The van der Waals surface area contributed by atoms with Gasteiger partial charge in [-0.05, 0) is 56.2 Å². The maximum absolute atomic E-state index is 14.7. The first-order valence-electron chi connectivity index (χ1n) is 9.82. The van der Waals surface area contributed by atoms with E-state index in [1.54, 1.807) is 18.2 Å². The van der Waals surface area contributed by atoms with Gasteiger partial charge in [0.15, 0.2) is 11.6 Å². The van der Waals surface area contributed by atoms with Crippen molar-refractivity contribution in [3.8, 4) is 5.82 Å². The molecule has 4 rings (SSSR count). The summed E-state index contributed by atoms with van der Waals surface area (Å²) in [7, 11) is -1.38. The van der Waals surface area contributed by atoms with Crippen molar-refractivity contribution in [3.05, 3.63) is 59.7 Å². The second-order valence-electron chi connectivity index (χ2n) is 8.43. The third kappa shape index (κ3) is 4.45. The number of halogens is 2. The first-order valence-corrected chi connectivity index (χ1v) is 11.0. The van der Waals surface area contributed by atoms with Crippen molar-refractivity contribution in [2.45, 2.75) is 44.2 Å². The molecule has 31 heavy (non-hydrogen) atoms. The Labute approximate surface area is 181 Å². The molecule has 0 saturated heterocycles. The number of hydrogen-bond acceptors (Lipinski definition) is 5. The zero-order chi connectivity index (χ0) is 22.3. The molecular formula is C21H24F2N6OS. The van der Waals surface area contributed by atoms with E-state index in [1.807, 2.05) is 32.9 Å². The van der Waals surface area contributed by atoms with Crippen molar-refractivity contribution >= 4 is 28.2 Å². The standard InChI is InChI=1S/C21H24F2N6OS/c1-21(2,3)31(30)28-19-14-5-4-13(10-12(14)11-15(19)22)25-20-16(24)6-7-18(26-20)29-9-8-17(23)27-29/h4-10,15,19,28H,11,24H2,1-3H3,(H,25,26)/t15?,19-,31?/m1/s1. The minimum Gasteiger partial charge on any atom is -0.396 e. The van der Waals surface area contributed by atoms with Crippen LogP contribution in [0.4, 0.5) is 26.0 Å². The molecule has 2 aromatic heterocycles. The average Bonchev–Trinajstić information content (AvgIpc) is 3.26. The molecule has 0 spiro atoms. The van der Waals surface area contributed by atoms with Gasteiger partial charge in [-0.15, -0.1) is 5.10 Å². The molecule has 0 amide bonds. The molecule has 3 aromatic rings. The van der Waals surface area contributed by atoms with E-state index in [0.29, 0.717) is 23.0 Å². The maximum Gasteiger partial charge on any atom is 0.233 e. The van der Waals surface area contributed by atoms with Crippen LogP contribution in [-0.2, 0) is 17.4 Å². The van der Waals surface area contributed by atoms with Gasteiger partial charge in [0, 0.05) is 24.4 Å². The minimum atomic E-state index is -1.38. The number of nitrogens with two attached hydrogens (primary N) is 1. The number of hydrogen-bond donors (Lipinski definition) is 3. The molecule has 1 aliphatic rings. The highest BCUT2D eigenvalue weighted by atomic mass is 32.2. The molecule has 164 valence electrons. The van der Waals surface area contributed by atoms with Crippen LogP contribution < -0.4 is 15.8 Å². The van der Waals surface area contributed by atoms with E-state index in [-0.39, 0.29) is 6.42 Å². The number of alkyl halides is 1. The molecule has 0 saturated carbocycles. The zero-order valence-electron chi connectivity index (χ0n) is 17.4. The molecule has 0 radical (unpaired) electrons. The Morgan fingerprint density at radius 3 is 2.68 bits per heavy atom. The molecule has 0 bridgehead atoms. The van der Waals surface area contributed by atoms with E-state index < -0.39 is 33.9 Å². The van der Waals surface area contributed by atoms with Crippen molar-refractivity contribution in [2.24, 2.45) is 0 Å². The summed E-state index contributed by atoms with van der Waals surface area (Å²) in [4.78, 5) is 4.41. The van der Waals surface area contributed by atoms with Crippen LogP contribution in [0.15, 0.2) is 42.6 Å². The number of anilines is 3. The Morgan fingerprint density at radius 2 is 2.00 bits per heavy atom. The van der Waals surface area contributed by atoms with Crippen molar-refractivity contribution in [2.75, 3.05) is 11.1 Å². The minimum absolute atomic E-state index is 0.222. The van der Waals surface area contributed by atoms with Crippen molar-refractivity contribution in [1.82, 2.24) is 19.5 Å². The summed E-state index contributed by atoms with van der Waals surface area (Å²) in [6.45, 7) is 5.53. The number of nitrogens with one attached hydrogen (secondary N) is 2. The van der Waals surface area contributed by atoms with Crippen LogP contribution in [0.25, 0.3) is 5.82 Å². The Bertz CT molecular complexity index is 1140. The first kappa shape index (κ1) is 21.4. The van der Waals surface area contributed by atoms with E-state index in [4.69, 9.17) is 5.73 Å². The van der Waals surface area contributed by atoms with Crippen LogP contribution in [0.1, 0.15) is 37.9 Å². The average molecular weight is 447 g/mol. The fraction of sp³-hybridized carbons (Fsp3) is 0.333. The highest BCUT2D eigenvalue weighted by Crippen LogP contribution is 2.37. The van der Waals surface area contributed by atoms with Crippen LogP contribution in [0.3, 0.4) is 0 Å². The van der Waals surface area contributed by atoms with E-state index in [0.717, 1.165) is 11.1 Å². The molecule has 1 aromatic carbocycles. The van der Waals surface area contributed by atoms with E-state index in [1.165, 1.54) is 16.9 Å². The van der Waals surface area contributed by atoms with Crippen LogP contribution in [-0.4, -0.2) is 29.9 Å². The molecule has 2 unspecified atom stereocenters. The zero-order valence-corrected chi connectivity index (χ0v) is 18.2. The van der Waals surface area contributed by atoms with Gasteiger partial charge in [0.25, 0.3) is 0 Å². The Hall–Kier alpha value is -2.85. The van der Waals surface area contributed by atoms with Gasteiger partial charge in [0.05, 0.1) is 27.5 Å². The predicted molar refractivity (Wildman–Crippen MR) is 118 cm³/mol. The lowest BCUT2D eigenvalue weighted by Gasteiger charge is -2.23. The third-order valence-electron chi connectivity index (χ3n) is 5.01. The smallest absolute Gasteiger partial charge is 0.233 e. The molecule has 4 N–H and O–H groups in total. The lowest BCUT2D eigenvalue weighted by atomic mass is 10.1. The third-order valence-corrected chi connectivity index (χ3v) is 6.59. The number of pyridine rings is 1. The largest absolute Gasteiger partial charge is 0.396 e. The summed E-state index contributed by atoms with van der Waals surface area (Å²) >= 11 is 0. The van der Waals surface area contributed by atoms with Gasteiger partial charge >= 0.3 is 0 Å². The summed E-state index contributed by atoms with van der Waals surface area (Å²) in [6.07, 6.45) is 0.514. The summed E-state index contributed by atoms with van der Waals surface area (Å²) in [5, 5.41) is 6.85. The summed E-state index contributed by atoms with van der Waals surface area (Å²) < 4.78 is 44.1. The number of fused-ring (bicyclic) bond motifs is 1. The highest BCUT2D eigenvalue weighted by Gasteiger charge is 2.35. The molecule has 2 heterocycles. The van der Waals surface area contributed by atoms with Gasteiger partial charge in [0.2, 0.25) is 5.95 Å². The molecule has 0 aliphatic heterocycles. The Morgan fingerprint density at radius 1 is 1.23 bits per heavy atom. The van der Waals surface area contributed by atoms with Crippen molar-refractivity contribution < 1.29 is 13.0 Å². The lowest BCUT2D eigenvalue weighted by molar-refractivity contribution is 0.291. The van der Waals surface area contributed by atoms with Crippen LogP contribution in [0.2, 0.25) is 0 Å². The van der Waals surface area contributed by atoms with E-state index in [2.05, 4.69) is 20.1 Å². The second-order valence-corrected chi connectivity index (χ2v) is 10.4. The SMILES string of the molecule is CC(C)(C)S(=O)N[C@@H]1c2ccc(Nc3nc(-n4ccc(F)n4)ccc3N)cc2CC1F. The normalized spacial score (nSPS) is 19.3. The Kier molecular flexibility index (Phi) is 5.52. The van der Waals surface area contributed by atoms with Crippen molar-refractivity contribution in [1.29, 1.82) is 0 Å². The van der Waals surface area contributed by atoms with Gasteiger partial charge in [-0.3, -0.25) is 0 Å². The second kappa shape index (κ2) is 8.01. The number of benzene rings is 1. The van der Waals surface area contributed by atoms with Gasteiger partial charge in [0.1, 0.15) is 6.17 Å². The lowest BCUT2D eigenvalue weighted by Crippen LogP contribution is -2.37. The number of nitrogens with zero attached hydrogens (tertiary/aromatic N) is 3. The topological polar surface area (TPSA) is 97.9 Å². The molecule has 7 nitrogen and oxygen atoms in total. The number of nitrogen functional groups attached to an aromatic ring is 1. The van der Waals surface area contributed by atoms with Gasteiger partial charge in [-0.1, -0.05) is 6.07 Å². The fourth-order valence-corrected chi connectivity index (χ4v) is 4.23. The summed E-state index contributed by atoms with van der Waals surface area (Å²) in [5.74, 6) is 0.175. The number of rotatable bonds is 5. The fourth-order valence-electron chi connectivity index (χ4n) is 3.37. The molecule has 10 heteroatoms. The van der Waals surface area contributed by atoms with E-state index in [9.17, 15) is 13.0 Å². The number of aromatic nitrogens is 3. The maximum atomic E-state index is 14.7. The summed E-state index contributed by atoms with van der Waals surface area (Å²) in [5.41, 5.74) is 8.74.